The topological polar surface area (TPSA) is 99.0 Å². The van der Waals surface area contributed by atoms with Crippen LogP contribution in [0.25, 0.3) is 0 Å². The summed E-state index contributed by atoms with van der Waals surface area (Å²) in [6.45, 7) is 1.62. The van der Waals surface area contributed by atoms with Crippen molar-refractivity contribution in [3.05, 3.63) is 45.7 Å². The second kappa shape index (κ2) is 8.04. The Labute approximate surface area is 151 Å². The summed E-state index contributed by atoms with van der Waals surface area (Å²) >= 11 is 11.4. The van der Waals surface area contributed by atoms with Crippen LogP contribution in [0.15, 0.2) is 24.0 Å². The maximum absolute atomic E-state index is 13.6. The van der Waals surface area contributed by atoms with Crippen LogP contribution in [0, 0.1) is 5.82 Å². The lowest BCUT2D eigenvalue weighted by molar-refractivity contribution is -0.138. The van der Waals surface area contributed by atoms with Gasteiger partial charge in [-0.05, 0) is 13.0 Å². The number of ketones is 1. The molecule has 0 aromatic carbocycles. The van der Waals surface area contributed by atoms with Crippen molar-refractivity contribution < 1.29 is 18.7 Å². The molecule has 1 N–H and O–H groups in total. The van der Waals surface area contributed by atoms with Gasteiger partial charge in [0, 0.05) is 13.2 Å². The van der Waals surface area contributed by atoms with Crippen molar-refractivity contribution in [3.63, 3.8) is 0 Å². The SMILES string of the molecule is CCOC(=O)/C(=C\Nc1cnnn1C)C(=O)c1cc(F)c(Cl)nc1Cl. The van der Waals surface area contributed by atoms with Crippen LogP contribution >= 0.6 is 23.2 Å². The number of nitrogens with one attached hydrogen (secondary N) is 1. The Bertz CT molecular complexity index is 853. The normalized spacial score (nSPS) is 11.3. The van der Waals surface area contributed by atoms with Crippen LogP contribution in [-0.4, -0.2) is 38.3 Å². The predicted molar refractivity (Wildman–Crippen MR) is 87.9 cm³/mol. The fourth-order valence-electron chi connectivity index (χ4n) is 1.74. The van der Waals surface area contributed by atoms with E-state index in [1.54, 1.807) is 14.0 Å². The van der Waals surface area contributed by atoms with Crippen molar-refractivity contribution in [2.75, 3.05) is 11.9 Å². The Balaban J connectivity index is 2.41. The highest BCUT2D eigenvalue weighted by molar-refractivity contribution is 6.37. The molecule has 2 heterocycles. The van der Waals surface area contributed by atoms with E-state index in [0.717, 1.165) is 12.3 Å². The van der Waals surface area contributed by atoms with Crippen molar-refractivity contribution in [1.82, 2.24) is 20.0 Å². The maximum Gasteiger partial charge on any atom is 0.343 e. The molecule has 2 rings (SSSR count). The Morgan fingerprint density at radius 2 is 2.12 bits per heavy atom. The van der Waals surface area contributed by atoms with E-state index in [4.69, 9.17) is 27.9 Å². The number of carbonyl (C=O) groups excluding carboxylic acids is 2. The molecule has 0 fully saturated rings. The van der Waals surface area contributed by atoms with Crippen LogP contribution in [0.1, 0.15) is 17.3 Å². The van der Waals surface area contributed by atoms with Crippen LogP contribution in [0.4, 0.5) is 10.2 Å². The number of halogens is 3. The van der Waals surface area contributed by atoms with E-state index < -0.39 is 28.3 Å². The van der Waals surface area contributed by atoms with Crippen LogP contribution < -0.4 is 5.32 Å². The van der Waals surface area contributed by atoms with Gasteiger partial charge in [0.15, 0.2) is 11.0 Å². The number of pyridine rings is 1. The van der Waals surface area contributed by atoms with E-state index >= 15 is 0 Å². The largest absolute Gasteiger partial charge is 0.462 e. The minimum Gasteiger partial charge on any atom is -0.462 e. The summed E-state index contributed by atoms with van der Waals surface area (Å²) in [5.74, 6) is -2.33. The molecule has 0 saturated heterocycles. The summed E-state index contributed by atoms with van der Waals surface area (Å²) in [5.41, 5.74) is -0.735. The molecule has 0 saturated carbocycles. The van der Waals surface area contributed by atoms with Crippen LogP contribution in [0.2, 0.25) is 10.3 Å². The highest BCUT2D eigenvalue weighted by atomic mass is 35.5. The first kappa shape index (κ1) is 18.8. The minimum atomic E-state index is -0.943. The smallest absolute Gasteiger partial charge is 0.343 e. The first-order valence-corrected chi connectivity index (χ1v) is 7.65. The summed E-state index contributed by atoms with van der Waals surface area (Å²) in [5, 5.41) is 9.21. The third kappa shape index (κ3) is 4.31. The van der Waals surface area contributed by atoms with Crippen LogP contribution in [-0.2, 0) is 16.6 Å². The zero-order chi connectivity index (χ0) is 18.6. The molecule has 2 aromatic rings. The molecular weight excluding hydrogens is 376 g/mol. The summed E-state index contributed by atoms with van der Waals surface area (Å²) in [7, 11) is 1.60. The van der Waals surface area contributed by atoms with Gasteiger partial charge in [0.2, 0.25) is 5.78 Å². The predicted octanol–water partition coefficient (Wildman–Crippen LogP) is 2.40. The molecule has 0 aliphatic heterocycles. The lowest BCUT2D eigenvalue weighted by Crippen LogP contribution is -2.18. The zero-order valence-corrected chi connectivity index (χ0v) is 14.6. The third-order valence-corrected chi connectivity index (χ3v) is 3.50. The van der Waals surface area contributed by atoms with Crippen LogP contribution in [0.3, 0.4) is 0 Å². The highest BCUT2D eigenvalue weighted by Crippen LogP contribution is 2.23. The number of rotatable bonds is 6. The number of Topliss-reactive ketones (excluding diaryl/α,β-unsaturated/α-hetero) is 1. The van der Waals surface area contributed by atoms with Crippen molar-refractivity contribution in [3.8, 4) is 0 Å². The van der Waals surface area contributed by atoms with Crippen molar-refractivity contribution in [1.29, 1.82) is 0 Å². The van der Waals surface area contributed by atoms with Crippen molar-refractivity contribution in [2.45, 2.75) is 6.92 Å². The van der Waals surface area contributed by atoms with Crippen LogP contribution in [0.5, 0.6) is 0 Å². The fourth-order valence-corrected chi connectivity index (χ4v) is 2.15. The van der Waals surface area contributed by atoms with Gasteiger partial charge in [-0.25, -0.2) is 18.9 Å². The van der Waals surface area contributed by atoms with Gasteiger partial charge in [0.05, 0.1) is 18.4 Å². The quantitative estimate of drug-likeness (QED) is 0.203. The summed E-state index contributed by atoms with van der Waals surface area (Å²) < 4.78 is 19.8. The average Bonchev–Trinajstić information content (AvgIpc) is 2.96. The molecule has 0 atom stereocenters. The second-order valence-corrected chi connectivity index (χ2v) is 5.31. The number of ether oxygens (including phenoxy) is 1. The minimum absolute atomic E-state index is 0.0394. The second-order valence-electron chi connectivity index (χ2n) is 4.59. The number of aromatic nitrogens is 4. The molecule has 2 aromatic heterocycles. The summed E-state index contributed by atoms with van der Waals surface area (Å²) in [6.07, 6.45) is 2.47. The molecular formula is C14H12Cl2FN5O3. The first-order chi connectivity index (χ1) is 11.8. The standard InChI is InChI=1S/C14H12Cl2FN5O3/c1-3-25-14(24)8(5-18-10-6-19-21-22(10)2)11(23)7-4-9(17)13(16)20-12(7)15/h4-6,18H,3H2,1-2H3/b8-5-. The van der Waals surface area contributed by atoms with Crippen molar-refractivity contribution in [2.24, 2.45) is 7.05 Å². The maximum atomic E-state index is 13.6. The van der Waals surface area contributed by atoms with E-state index in [-0.39, 0.29) is 17.3 Å². The van der Waals surface area contributed by atoms with Gasteiger partial charge < -0.3 is 10.1 Å². The van der Waals surface area contributed by atoms with Gasteiger partial charge in [-0.3, -0.25) is 4.79 Å². The van der Waals surface area contributed by atoms with E-state index in [1.807, 2.05) is 0 Å². The number of hydrogen-bond acceptors (Lipinski definition) is 7. The number of aryl methyl sites for hydroxylation is 1. The Kier molecular flexibility index (Phi) is 6.05. The third-order valence-electron chi connectivity index (χ3n) is 2.95. The van der Waals surface area contributed by atoms with E-state index in [1.165, 1.54) is 10.9 Å². The lowest BCUT2D eigenvalue weighted by atomic mass is 10.1. The van der Waals surface area contributed by atoms with E-state index in [0.29, 0.717) is 5.82 Å². The fraction of sp³-hybridized carbons (Fsp3) is 0.214. The number of carbonyl (C=O) groups is 2. The average molecular weight is 388 g/mol. The molecule has 25 heavy (non-hydrogen) atoms. The number of anilines is 1. The summed E-state index contributed by atoms with van der Waals surface area (Å²) in [6, 6.07) is 0.804. The Morgan fingerprint density at radius 1 is 1.40 bits per heavy atom. The number of esters is 1. The summed E-state index contributed by atoms with van der Waals surface area (Å²) in [4.78, 5) is 28.2. The molecule has 0 aliphatic rings. The number of hydrogen-bond donors (Lipinski definition) is 1. The highest BCUT2D eigenvalue weighted by Gasteiger charge is 2.25. The monoisotopic (exact) mass is 387 g/mol. The number of nitrogens with zero attached hydrogens (tertiary/aromatic N) is 4. The molecule has 0 bridgehead atoms. The molecule has 0 radical (unpaired) electrons. The lowest BCUT2D eigenvalue weighted by Gasteiger charge is -2.09. The van der Waals surface area contributed by atoms with Gasteiger partial charge in [0.1, 0.15) is 16.5 Å². The molecule has 0 unspecified atom stereocenters. The van der Waals surface area contributed by atoms with Gasteiger partial charge in [-0.15, -0.1) is 5.10 Å². The van der Waals surface area contributed by atoms with Gasteiger partial charge >= 0.3 is 5.97 Å². The molecule has 0 amide bonds. The van der Waals surface area contributed by atoms with Gasteiger partial charge in [-0.1, -0.05) is 28.4 Å². The van der Waals surface area contributed by atoms with Gasteiger partial charge in [0.25, 0.3) is 0 Å². The molecule has 11 heteroatoms. The van der Waals surface area contributed by atoms with Crippen molar-refractivity contribution >= 4 is 40.8 Å². The van der Waals surface area contributed by atoms with E-state index in [9.17, 15) is 14.0 Å². The zero-order valence-electron chi connectivity index (χ0n) is 13.1. The molecule has 0 spiro atoms. The van der Waals surface area contributed by atoms with Gasteiger partial charge in [-0.2, -0.15) is 0 Å². The first-order valence-electron chi connectivity index (χ1n) is 6.89. The Hall–Kier alpha value is -2.52. The van der Waals surface area contributed by atoms with E-state index in [2.05, 4.69) is 20.6 Å². The molecule has 8 nitrogen and oxygen atoms in total. The molecule has 0 aliphatic carbocycles. The molecule has 132 valence electrons. The Morgan fingerprint density at radius 3 is 2.72 bits per heavy atom.